The molecule has 0 bridgehead atoms. The Morgan fingerprint density at radius 1 is 1.30 bits per heavy atom. The number of amidine groups is 3. The molecule has 4 rings (SSSR count). The van der Waals surface area contributed by atoms with Crippen LogP contribution in [0.4, 0.5) is 0 Å². The second-order valence-corrected chi connectivity index (χ2v) is 6.48. The maximum atomic E-state index is 12.2. The Balaban J connectivity index is 1.65. The largest absolute Gasteiger partial charge is 0.462 e. The lowest BCUT2D eigenvalue weighted by Gasteiger charge is -2.19. The van der Waals surface area contributed by atoms with Gasteiger partial charge < -0.3 is 9.32 Å². The van der Waals surface area contributed by atoms with E-state index in [1.165, 1.54) is 16.8 Å². The molecule has 0 unspecified atom stereocenters. The summed E-state index contributed by atoms with van der Waals surface area (Å²) >= 11 is 1.35. The van der Waals surface area contributed by atoms with Crippen molar-refractivity contribution in [2.45, 2.75) is 19.8 Å². The Hall–Kier alpha value is -2.35. The van der Waals surface area contributed by atoms with Crippen LogP contribution >= 0.6 is 11.8 Å². The number of furan rings is 1. The summed E-state index contributed by atoms with van der Waals surface area (Å²) in [5.41, 5.74) is 0.190. The molecule has 0 radical (unpaired) electrons. The van der Waals surface area contributed by atoms with Crippen LogP contribution in [0.1, 0.15) is 24.4 Å². The summed E-state index contributed by atoms with van der Waals surface area (Å²) in [4.78, 5) is 18.5. The highest BCUT2D eigenvalue weighted by molar-refractivity contribution is 8.26. The van der Waals surface area contributed by atoms with Crippen LogP contribution in [-0.2, 0) is 4.79 Å². The molecule has 4 heterocycles. The maximum Gasteiger partial charge on any atom is 0.283 e. The first kappa shape index (κ1) is 14.3. The number of nitrogens with one attached hydrogen (secondary N) is 1. The van der Waals surface area contributed by atoms with Crippen molar-refractivity contribution in [2.75, 3.05) is 13.1 Å². The molecule has 3 aliphatic rings. The SMILES string of the molecule is Cc1ccc(/C=C2/C(=N)N3N=C(N4CCCC4)SC3=NC2=O)o1. The molecule has 23 heavy (non-hydrogen) atoms. The van der Waals surface area contributed by atoms with E-state index in [0.29, 0.717) is 10.9 Å². The van der Waals surface area contributed by atoms with Gasteiger partial charge in [-0.05, 0) is 49.7 Å². The molecule has 0 aliphatic carbocycles. The highest BCUT2D eigenvalue weighted by Crippen LogP contribution is 2.30. The minimum Gasteiger partial charge on any atom is -0.462 e. The average molecular weight is 329 g/mol. The van der Waals surface area contributed by atoms with Gasteiger partial charge in [-0.1, -0.05) is 0 Å². The molecule has 0 aromatic carbocycles. The fourth-order valence-electron chi connectivity index (χ4n) is 2.69. The van der Waals surface area contributed by atoms with Crippen LogP contribution in [0.25, 0.3) is 6.08 Å². The Morgan fingerprint density at radius 3 is 2.78 bits per heavy atom. The molecule has 1 aromatic rings. The van der Waals surface area contributed by atoms with E-state index in [4.69, 9.17) is 9.83 Å². The number of hydrogen-bond donors (Lipinski definition) is 1. The number of carbonyl (C=O) groups excluding carboxylic acids is 1. The minimum atomic E-state index is -0.430. The van der Waals surface area contributed by atoms with Crippen molar-refractivity contribution in [1.29, 1.82) is 5.41 Å². The number of likely N-dealkylation sites (tertiary alicyclic amines) is 1. The van der Waals surface area contributed by atoms with E-state index >= 15 is 0 Å². The summed E-state index contributed by atoms with van der Waals surface area (Å²) < 4.78 is 5.46. The third-order valence-electron chi connectivity index (χ3n) is 3.87. The highest BCUT2D eigenvalue weighted by Gasteiger charge is 2.37. The van der Waals surface area contributed by atoms with Crippen molar-refractivity contribution in [2.24, 2.45) is 10.1 Å². The molecule has 0 atom stereocenters. The summed E-state index contributed by atoms with van der Waals surface area (Å²) in [6, 6.07) is 3.58. The van der Waals surface area contributed by atoms with Crippen LogP contribution in [-0.4, -0.2) is 45.1 Å². The molecule has 0 spiro atoms. The lowest BCUT2D eigenvalue weighted by atomic mass is 10.1. The van der Waals surface area contributed by atoms with Gasteiger partial charge in [-0.15, -0.1) is 5.10 Å². The van der Waals surface area contributed by atoms with Gasteiger partial charge >= 0.3 is 0 Å². The lowest BCUT2D eigenvalue weighted by molar-refractivity contribution is -0.114. The molecule has 1 N–H and O–H groups in total. The number of thioether (sulfide) groups is 1. The molecular weight excluding hydrogens is 314 g/mol. The first-order chi connectivity index (χ1) is 11.1. The van der Waals surface area contributed by atoms with Crippen molar-refractivity contribution in [3.8, 4) is 0 Å². The van der Waals surface area contributed by atoms with Crippen LogP contribution in [0.3, 0.4) is 0 Å². The van der Waals surface area contributed by atoms with Gasteiger partial charge in [0, 0.05) is 13.1 Å². The van der Waals surface area contributed by atoms with Crippen molar-refractivity contribution in [3.05, 3.63) is 29.2 Å². The van der Waals surface area contributed by atoms with Gasteiger partial charge in [-0.2, -0.15) is 10.0 Å². The summed E-state index contributed by atoms with van der Waals surface area (Å²) in [7, 11) is 0. The molecule has 118 valence electrons. The van der Waals surface area contributed by atoms with E-state index in [1.807, 2.05) is 13.0 Å². The van der Waals surface area contributed by atoms with Crippen LogP contribution in [0.5, 0.6) is 0 Å². The van der Waals surface area contributed by atoms with Crippen molar-refractivity contribution >= 4 is 39.9 Å². The fourth-order valence-corrected chi connectivity index (χ4v) is 3.64. The van der Waals surface area contributed by atoms with Crippen LogP contribution in [0.2, 0.25) is 0 Å². The molecule has 1 fully saturated rings. The van der Waals surface area contributed by atoms with Crippen molar-refractivity contribution in [1.82, 2.24) is 9.91 Å². The smallest absolute Gasteiger partial charge is 0.283 e. The van der Waals surface area contributed by atoms with E-state index in [-0.39, 0.29) is 11.4 Å². The summed E-state index contributed by atoms with van der Waals surface area (Å²) in [5.74, 6) is 0.892. The van der Waals surface area contributed by atoms with Gasteiger partial charge in [0.2, 0.25) is 5.17 Å². The van der Waals surface area contributed by atoms with Gasteiger partial charge in [-0.25, -0.2) is 0 Å². The van der Waals surface area contributed by atoms with Gasteiger partial charge in [0.1, 0.15) is 11.5 Å². The van der Waals surface area contributed by atoms with E-state index < -0.39 is 5.91 Å². The number of aryl methyl sites for hydroxylation is 1. The van der Waals surface area contributed by atoms with E-state index in [0.717, 1.165) is 36.9 Å². The predicted octanol–water partition coefficient (Wildman–Crippen LogP) is 2.26. The maximum absolute atomic E-state index is 12.2. The number of carbonyl (C=O) groups is 1. The van der Waals surface area contributed by atoms with Crippen LogP contribution in [0, 0.1) is 12.3 Å². The molecule has 7 nitrogen and oxygen atoms in total. The number of aliphatic imine (C=N–C) groups is 1. The molecule has 1 amide bonds. The number of hydrogen-bond acceptors (Lipinski definition) is 6. The normalized spacial score (nSPS) is 22.7. The molecule has 3 aliphatic heterocycles. The Labute approximate surface area is 137 Å². The molecule has 1 aromatic heterocycles. The quantitative estimate of drug-likeness (QED) is 0.799. The topological polar surface area (TPSA) is 85.3 Å². The molecule has 1 saturated heterocycles. The van der Waals surface area contributed by atoms with Crippen molar-refractivity contribution < 1.29 is 9.21 Å². The van der Waals surface area contributed by atoms with Gasteiger partial charge in [0.15, 0.2) is 11.0 Å². The van der Waals surface area contributed by atoms with Gasteiger partial charge in [0.25, 0.3) is 5.91 Å². The first-order valence-electron chi connectivity index (χ1n) is 7.43. The fraction of sp³-hybridized carbons (Fsp3) is 0.333. The standard InChI is InChI=1S/C15H15N5O2S/c1-9-4-5-10(22-9)8-11-12(16)20-14(17-13(11)21)23-15(18-20)19-6-2-3-7-19/h4-5,8,16H,2-3,6-7H2,1H3/b11-8-,16-12?. The second kappa shape index (κ2) is 5.38. The van der Waals surface area contributed by atoms with E-state index in [2.05, 4.69) is 15.0 Å². The van der Waals surface area contributed by atoms with Crippen molar-refractivity contribution in [3.63, 3.8) is 0 Å². The number of hydrazone groups is 1. The number of amides is 1. The molecule has 8 heteroatoms. The monoisotopic (exact) mass is 329 g/mol. The Morgan fingerprint density at radius 2 is 2.09 bits per heavy atom. The van der Waals surface area contributed by atoms with Crippen LogP contribution in [0.15, 0.2) is 32.2 Å². The third-order valence-corrected chi connectivity index (χ3v) is 4.84. The highest BCUT2D eigenvalue weighted by atomic mass is 32.2. The zero-order chi connectivity index (χ0) is 16.0. The summed E-state index contributed by atoms with van der Waals surface area (Å²) in [6.07, 6.45) is 3.84. The summed E-state index contributed by atoms with van der Waals surface area (Å²) in [5, 5.41) is 15.5. The Bertz CT molecular complexity index is 786. The third kappa shape index (κ3) is 2.48. The number of rotatable bonds is 1. The molecule has 0 saturated carbocycles. The minimum absolute atomic E-state index is 0.0377. The lowest BCUT2D eigenvalue weighted by Crippen LogP contribution is -2.35. The van der Waals surface area contributed by atoms with Gasteiger partial charge in [-0.3, -0.25) is 10.2 Å². The van der Waals surface area contributed by atoms with Gasteiger partial charge in [0.05, 0.1) is 5.57 Å². The Kier molecular flexibility index (Phi) is 3.33. The van der Waals surface area contributed by atoms with E-state index in [9.17, 15) is 4.79 Å². The first-order valence-corrected chi connectivity index (χ1v) is 8.25. The number of fused-ring (bicyclic) bond motifs is 1. The predicted molar refractivity (Wildman–Crippen MR) is 89.3 cm³/mol. The average Bonchev–Trinajstić information content (AvgIpc) is 3.23. The zero-order valence-electron chi connectivity index (χ0n) is 12.6. The van der Waals surface area contributed by atoms with E-state index in [1.54, 1.807) is 12.1 Å². The second-order valence-electron chi connectivity index (χ2n) is 5.55. The summed E-state index contributed by atoms with van der Waals surface area (Å²) in [6.45, 7) is 3.75. The zero-order valence-corrected chi connectivity index (χ0v) is 13.4. The van der Waals surface area contributed by atoms with Crippen LogP contribution < -0.4 is 0 Å². The number of nitrogens with zero attached hydrogens (tertiary/aromatic N) is 4. The molecular formula is C15H15N5O2S.